The summed E-state index contributed by atoms with van der Waals surface area (Å²) in [6.07, 6.45) is 1.47. The van der Waals surface area contributed by atoms with Crippen LogP contribution in [0.1, 0.15) is 21.5 Å². The summed E-state index contributed by atoms with van der Waals surface area (Å²) >= 11 is 11.7. The van der Waals surface area contributed by atoms with E-state index in [1.165, 1.54) is 19.4 Å². The molecule has 0 fully saturated rings. The number of amides is 1. The lowest BCUT2D eigenvalue weighted by atomic mass is 10.2. The number of hydrazone groups is 1. The van der Waals surface area contributed by atoms with E-state index in [0.717, 1.165) is 9.13 Å². The monoisotopic (exact) mass is 614 g/mol. The standard InChI is InChI=1S/C22H17BrClIN2O4/c1-30-20-9-13(11-26-27-22(29)16-10-15(25)6-7-19(16)28)8-17(23)21(20)31-12-14-4-2-3-5-18(14)24/h2-11,28H,12H2,1H3,(H,27,29)/b26-11-. The molecule has 3 aromatic carbocycles. The fourth-order valence-electron chi connectivity index (χ4n) is 2.64. The summed E-state index contributed by atoms with van der Waals surface area (Å²) in [5, 5.41) is 14.4. The van der Waals surface area contributed by atoms with Crippen LogP contribution in [0.4, 0.5) is 0 Å². The lowest BCUT2D eigenvalue weighted by Crippen LogP contribution is -2.17. The summed E-state index contributed by atoms with van der Waals surface area (Å²) < 4.78 is 12.8. The molecule has 160 valence electrons. The van der Waals surface area contributed by atoms with Gasteiger partial charge in [0.1, 0.15) is 12.4 Å². The number of halogens is 3. The van der Waals surface area contributed by atoms with Gasteiger partial charge in [0.05, 0.1) is 23.4 Å². The van der Waals surface area contributed by atoms with E-state index < -0.39 is 5.91 Å². The summed E-state index contributed by atoms with van der Waals surface area (Å²) in [7, 11) is 1.53. The van der Waals surface area contributed by atoms with Gasteiger partial charge in [0.15, 0.2) is 11.5 Å². The van der Waals surface area contributed by atoms with Crippen LogP contribution in [0.2, 0.25) is 5.02 Å². The Kier molecular flexibility index (Phi) is 8.16. The number of nitrogens with zero attached hydrogens (tertiary/aromatic N) is 1. The maximum Gasteiger partial charge on any atom is 0.275 e. The molecule has 0 aliphatic rings. The number of ether oxygens (including phenoxy) is 2. The van der Waals surface area contributed by atoms with Crippen molar-refractivity contribution in [2.24, 2.45) is 5.10 Å². The molecule has 3 rings (SSSR count). The zero-order valence-electron chi connectivity index (χ0n) is 16.2. The van der Waals surface area contributed by atoms with Crippen molar-refractivity contribution in [1.29, 1.82) is 0 Å². The highest BCUT2D eigenvalue weighted by Crippen LogP contribution is 2.37. The Bertz CT molecular complexity index is 1140. The lowest BCUT2D eigenvalue weighted by molar-refractivity contribution is 0.0952. The van der Waals surface area contributed by atoms with Crippen LogP contribution in [0.5, 0.6) is 17.2 Å². The van der Waals surface area contributed by atoms with Crippen LogP contribution in [0.3, 0.4) is 0 Å². The zero-order valence-corrected chi connectivity index (χ0v) is 20.7. The number of carbonyl (C=O) groups is 1. The van der Waals surface area contributed by atoms with Gasteiger partial charge < -0.3 is 14.6 Å². The Morgan fingerprint density at radius 3 is 2.77 bits per heavy atom. The summed E-state index contributed by atoms with van der Waals surface area (Å²) in [4.78, 5) is 12.2. The number of aromatic hydroxyl groups is 1. The minimum atomic E-state index is -0.516. The van der Waals surface area contributed by atoms with Crippen LogP contribution in [-0.2, 0) is 6.61 Å². The largest absolute Gasteiger partial charge is 0.507 e. The molecule has 1 amide bonds. The topological polar surface area (TPSA) is 80.2 Å². The second-order valence-corrected chi connectivity index (χ2v) is 8.78. The number of carbonyl (C=O) groups excluding carboxylic acids is 1. The van der Waals surface area contributed by atoms with E-state index in [-0.39, 0.29) is 17.9 Å². The molecule has 31 heavy (non-hydrogen) atoms. The molecule has 6 nitrogen and oxygen atoms in total. The summed E-state index contributed by atoms with van der Waals surface area (Å²) in [6, 6.07) is 15.7. The van der Waals surface area contributed by atoms with Crippen molar-refractivity contribution in [2.45, 2.75) is 6.61 Å². The van der Waals surface area contributed by atoms with Gasteiger partial charge in [-0.1, -0.05) is 29.8 Å². The van der Waals surface area contributed by atoms with E-state index in [4.69, 9.17) is 21.1 Å². The van der Waals surface area contributed by atoms with Gasteiger partial charge in [-0.25, -0.2) is 5.43 Å². The molecule has 0 atom stereocenters. The van der Waals surface area contributed by atoms with Gasteiger partial charge in [0.2, 0.25) is 0 Å². The number of nitrogens with one attached hydrogen (secondary N) is 1. The lowest BCUT2D eigenvalue weighted by Gasteiger charge is -2.14. The molecule has 0 saturated heterocycles. The van der Waals surface area contributed by atoms with Crippen molar-refractivity contribution in [3.8, 4) is 17.2 Å². The number of phenols is 1. The molecular formula is C22H17BrClIN2O4. The summed E-state index contributed by atoms with van der Waals surface area (Å²) in [6.45, 7) is 0.275. The quantitative estimate of drug-likeness (QED) is 0.201. The van der Waals surface area contributed by atoms with E-state index in [0.29, 0.717) is 26.6 Å². The normalized spacial score (nSPS) is 10.8. The van der Waals surface area contributed by atoms with Gasteiger partial charge >= 0.3 is 0 Å². The molecule has 0 bridgehead atoms. The third kappa shape index (κ3) is 6.11. The molecule has 0 saturated carbocycles. The van der Waals surface area contributed by atoms with Crippen molar-refractivity contribution in [3.63, 3.8) is 0 Å². The molecule has 3 aromatic rings. The molecule has 0 unspecified atom stereocenters. The minimum absolute atomic E-state index is 0.113. The smallest absolute Gasteiger partial charge is 0.275 e. The first kappa shape index (κ1) is 23.4. The second-order valence-electron chi connectivity index (χ2n) is 6.27. The minimum Gasteiger partial charge on any atom is -0.507 e. The SMILES string of the molecule is COc1cc(/C=N\NC(=O)c2cc(I)ccc2O)cc(Br)c1OCc1ccccc1Cl. The molecule has 0 spiro atoms. The number of hydrogen-bond acceptors (Lipinski definition) is 5. The molecule has 0 aliphatic carbocycles. The third-order valence-corrected chi connectivity index (χ3v) is 5.79. The number of phenolic OH excluding ortho intramolecular Hbond substituents is 1. The first-order valence-corrected chi connectivity index (χ1v) is 11.2. The maximum absolute atomic E-state index is 12.2. The van der Waals surface area contributed by atoms with Gasteiger partial charge in [-0.2, -0.15) is 5.10 Å². The molecule has 9 heteroatoms. The van der Waals surface area contributed by atoms with Gasteiger partial charge in [0, 0.05) is 14.2 Å². The van der Waals surface area contributed by atoms with Gasteiger partial charge in [0.25, 0.3) is 5.91 Å². The number of rotatable bonds is 7. The van der Waals surface area contributed by atoms with Crippen LogP contribution in [-0.4, -0.2) is 24.3 Å². The van der Waals surface area contributed by atoms with Crippen molar-refractivity contribution in [2.75, 3.05) is 7.11 Å². The number of hydrogen-bond donors (Lipinski definition) is 2. The summed E-state index contributed by atoms with van der Waals surface area (Å²) in [5.74, 6) is 0.382. The van der Waals surface area contributed by atoms with E-state index in [1.54, 1.807) is 30.3 Å². The van der Waals surface area contributed by atoms with Crippen molar-refractivity contribution >= 4 is 62.2 Å². The second kappa shape index (κ2) is 10.8. The Morgan fingerprint density at radius 1 is 1.26 bits per heavy atom. The van der Waals surface area contributed by atoms with Gasteiger partial charge in [-0.15, -0.1) is 0 Å². The van der Waals surface area contributed by atoms with Crippen molar-refractivity contribution in [3.05, 3.63) is 84.4 Å². The van der Waals surface area contributed by atoms with Crippen LogP contribution in [0.15, 0.2) is 64.2 Å². The third-order valence-electron chi connectivity index (χ3n) is 4.16. The highest BCUT2D eigenvalue weighted by Gasteiger charge is 2.13. The summed E-state index contributed by atoms with van der Waals surface area (Å²) in [5.41, 5.74) is 4.07. The Balaban J connectivity index is 1.72. The average molecular weight is 616 g/mol. The highest BCUT2D eigenvalue weighted by molar-refractivity contribution is 14.1. The fourth-order valence-corrected chi connectivity index (χ4v) is 3.89. The number of methoxy groups -OCH3 is 1. The highest BCUT2D eigenvalue weighted by atomic mass is 127. The zero-order chi connectivity index (χ0) is 22.4. The molecule has 0 radical (unpaired) electrons. The van der Waals surface area contributed by atoms with E-state index in [9.17, 15) is 9.90 Å². The van der Waals surface area contributed by atoms with Crippen LogP contribution >= 0.6 is 50.1 Å². The Labute approximate surface area is 206 Å². The molecular weight excluding hydrogens is 599 g/mol. The van der Waals surface area contributed by atoms with Crippen LogP contribution < -0.4 is 14.9 Å². The first-order valence-electron chi connectivity index (χ1n) is 8.94. The first-order chi connectivity index (χ1) is 14.9. The Morgan fingerprint density at radius 2 is 2.03 bits per heavy atom. The fraction of sp³-hybridized carbons (Fsp3) is 0.0909. The Hall–Kier alpha value is -2.30. The predicted octanol–water partition coefficient (Wildman–Crippen LogP) is 5.76. The number of benzene rings is 3. The van der Waals surface area contributed by atoms with Gasteiger partial charge in [-0.3, -0.25) is 4.79 Å². The van der Waals surface area contributed by atoms with E-state index >= 15 is 0 Å². The molecule has 2 N–H and O–H groups in total. The van der Waals surface area contributed by atoms with E-state index in [2.05, 4.69) is 49.0 Å². The van der Waals surface area contributed by atoms with Crippen molar-refractivity contribution in [1.82, 2.24) is 5.43 Å². The molecule has 0 heterocycles. The predicted molar refractivity (Wildman–Crippen MR) is 132 cm³/mol. The molecule has 0 aliphatic heterocycles. The van der Waals surface area contributed by atoms with E-state index in [1.807, 2.05) is 18.2 Å². The average Bonchev–Trinajstić information content (AvgIpc) is 2.75. The van der Waals surface area contributed by atoms with Crippen molar-refractivity contribution < 1.29 is 19.4 Å². The van der Waals surface area contributed by atoms with Gasteiger partial charge in [-0.05, 0) is 80.5 Å². The molecule has 0 aromatic heterocycles. The maximum atomic E-state index is 12.2. The van der Waals surface area contributed by atoms with Crippen LogP contribution in [0, 0.1) is 3.57 Å². The van der Waals surface area contributed by atoms with Crippen LogP contribution in [0.25, 0.3) is 0 Å².